The summed E-state index contributed by atoms with van der Waals surface area (Å²) < 4.78 is 2.44. The fourth-order valence-corrected chi connectivity index (χ4v) is 4.17. The molecule has 4 rings (SSSR count). The number of carbonyl (C=O) groups is 1. The van der Waals surface area contributed by atoms with E-state index >= 15 is 0 Å². The van der Waals surface area contributed by atoms with Crippen LogP contribution in [0, 0.1) is 0 Å². The summed E-state index contributed by atoms with van der Waals surface area (Å²) in [5, 5.41) is 4.41. The number of aromatic nitrogens is 3. The van der Waals surface area contributed by atoms with Crippen molar-refractivity contribution in [3.63, 3.8) is 0 Å². The van der Waals surface area contributed by atoms with Crippen LogP contribution in [0.4, 0.5) is 0 Å². The van der Waals surface area contributed by atoms with Gasteiger partial charge in [0.2, 0.25) is 0 Å². The molecule has 3 aromatic heterocycles. The lowest BCUT2D eigenvalue weighted by Crippen LogP contribution is -2.48. The Labute approximate surface area is 154 Å². The molecule has 0 bridgehead atoms. The van der Waals surface area contributed by atoms with E-state index in [1.165, 1.54) is 11.3 Å². The molecule has 8 heteroatoms. The Morgan fingerprint density at radius 2 is 2.04 bits per heavy atom. The standard InChI is InChI=1S/C17H18ClN5OS/c1-2-21-7-9-22(10-8-21)17(24)12-11-20-23-13(5-6-19-16(12)23)14-3-4-15(18)25-14/h3-6,11H,2,7-10H2,1H3. The minimum absolute atomic E-state index is 0.000356. The molecule has 0 unspecified atom stereocenters. The van der Waals surface area contributed by atoms with Crippen molar-refractivity contribution in [3.05, 3.63) is 40.5 Å². The van der Waals surface area contributed by atoms with Crippen molar-refractivity contribution in [2.75, 3.05) is 32.7 Å². The van der Waals surface area contributed by atoms with Crippen LogP contribution >= 0.6 is 22.9 Å². The molecule has 1 aliphatic rings. The first kappa shape index (κ1) is 16.5. The third kappa shape index (κ3) is 3.03. The molecule has 1 amide bonds. The SMILES string of the molecule is CCN1CCN(C(=O)c2cnn3c(-c4ccc(Cl)s4)ccnc23)CC1. The van der Waals surface area contributed by atoms with Gasteiger partial charge in [0.25, 0.3) is 5.91 Å². The number of hydrogen-bond acceptors (Lipinski definition) is 5. The first-order chi connectivity index (χ1) is 12.2. The summed E-state index contributed by atoms with van der Waals surface area (Å²) in [4.78, 5) is 22.5. The molecule has 1 saturated heterocycles. The highest BCUT2D eigenvalue weighted by atomic mass is 35.5. The Kier molecular flexibility index (Phi) is 4.45. The summed E-state index contributed by atoms with van der Waals surface area (Å²) in [5.74, 6) is -0.000356. The van der Waals surface area contributed by atoms with Gasteiger partial charge in [-0.1, -0.05) is 18.5 Å². The second-order valence-electron chi connectivity index (χ2n) is 5.95. The topological polar surface area (TPSA) is 53.7 Å². The van der Waals surface area contributed by atoms with Crippen LogP contribution in [-0.2, 0) is 0 Å². The van der Waals surface area contributed by atoms with Gasteiger partial charge < -0.3 is 9.80 Å². The fourth-order valence-electron chi connectivity index (χ4n) is 3.12. The highest BCUT2D eigenvalue weighted by Gasteiger charge is 2.25. The number of rotatable bonds is 3. The van der Waals surface area contributed by atoms with Gasteiger partial charge in [-0.05, 0) is 24.7 Å². The molecule has 0 radical (unpaired) electrons. The maximum atomic E-state index is 12.9. The summed E-state index contributed by atoms with van der Waals surface area (Å²) in [5.41, 5.74) is 2.02. The number of amides is 1. The fraction of sp³-hybridized carbons (Fsp3) is 0.353. The van der Waals surface area contributed by atoms with E-state index in [1.807, 2.05) is 23.1 Å². The van der Waals surface area contributed by atoms with Crippen LogP contribution in [0.1, 0.15) is 17.3 Å². The second-order valence-corrected chi connectivity index (χ2v) is 7.67. The van der Waals surface area contributed by atoms with E-state index in [2.05, 4.69) is 21.9 Å². The lowest BCUT2D eigenvalue weighted by atomic mass is 10.2. The maximum Gasteiger partial charge on any atom is 0.259 e. The van der Waals surface area contributed by atoms with Crippen LogP contribution in [0.2, 0.25) is 4.34 Å². The summed E-state index contributed by atoms with van der Waals surface area (Å²) in [6, 6.07) is 5.70. The molecule has 0 saturated carbocycles. The summed E-state index contributed by atoms with van der Waals surface area (Å²) in [7, 11) is 0. The van der Waals surface area contributed by atoms with Gasteiger partial charge in [0.05, 0.1) is 21.1 Å². The van der Waals surface area contributed by atoms with Crippen molar-refractivity contribution >= 4 is 34.5 Å². The van der Waals surface area contributed by atoms with Crippen LogP contribution in [0.15, 0.2) is 30.6 Å². The average molecular weight is 376 g/mol. The molecule has 0 spiro atoms. The molecular formula is C17H18ClN5OS. The smallest absolute Gasteiger partial charge is 0.259 e. The molecule has 25 heavy (non-hydrogen) atoms. The van der Waals surface area contributed by atoms with E-state index in [-0.39, 0.29) is 5.91 Å². The van der Waals surface area contributed by atoms with E-state index in [9.17, 15) is 4.79 Å². The number of halogens is 1. The first-order valence-electron chi connectivity index (χ1n) is 8.27. The minimum Gasteiger partial charge on any atom is -0.336 e. The Balaban J connectivity index is 1.66. The van der Waals surface area contributed by atoms with Gasteiger partial charge in [-0.2, -0.15) is 5.10 Å². The minimum atomic E-state index is -0.000356. The zero-order valence-corrected chi connectivity index (χ0v) is 15.4. The third-order valence-electron chi connectivity index (χ3n) is 4.56. The van der Waals surface area contributed by atoms with Gasteiger partial charge >= 0.3 is 0 Å². The molecule has 0 N–H and O–H groups in total. The Morgan fingerprint density at radius 3 is 2.72 bits per heavy atom. The molecule has 6 nitrogen and oxygen atoms in total. The number of thiophene rings is 1. The highest BCUT2D eigenvalue weighted by Crippen LogP contribution is 2.31. The monoisotopic (exact) mass is 375 g/mol. The molecule has 130 valence electrons. The Bertz CT molecular complexity index is 913. The number of nitrogens with zero attached hydrogens (tertiary/aromatic N) is 5. The molecular weight excluding hydrogens is 358 g/mol. The summed E-state index contributed by atoms with van der Waals surface area (Å²) >= 11 is 7.53. The van der Waals surface area contributed by atoms with E-state index in [4.69, 9.17) is 11.6 Å². The van der Waals surface area contributed by atoms with Crippen molar-refractivity contribution in [3.8, 4) is 10.6 Å². The van der Waals surface area contributed by atoms with Crippen LogP contribution in [0.25, 0.3) is 16.2 Å². The highest BCUT2D eigenvalue weighted by molar-refractivity contribution is 7.19. The maximum absolute atomic E-state index is 12.9. The average Bonchev–Trinajstić information content (AvgIpc) is 3.27. The molecule has 0 aromatic carbocycles. The van der Waals surface area contributed by atoms with Gasteiger partial charge in [0, 0.05) is 32.4 Å². The molecule has 4 heterocycles. The predicted molar refractivity (Wildman–Crippen MR) is 99.3 cm³/mol. The number of hydrogen-bond donors (Lipinski definition) is 0. The zero-order valence-electron chi connectivity index (χ0n) is 13.9. The summed E-state index contributed by atoms with van der Waals surface area (Å²) in [6.07, 6.45) is 3.33. The van der Waals surface area contributed by atoms with Gasteiger partial charge in [-0.25, -0.2) is 9.50 Å². The Morgan fingerprint density at radius 1 is 1.24 bits per heavy atom. The van der Waals surface area contributed by atoms with E-state index in [0.717, 1.165) is 47.6 Å². The quantitative estimate of drug-likeness (QED) is 0.706. The number of fused-ring (bicyclic) bond motifs is 1. The summed E-state index contributed by atoms with van der Waals surface area (Å²) in [6.45, 7) is 6.47. The molecule has 3 aromatic rings. The molecule has 1 fully saturated rings. The second kappa shape index (κ2) is 6.74. The zero-order chi connectivity index (χ0) is 17.4. The molecule has 0 aliphatic carbocycles. The van der Waals surface area contributed by atoms with E-state index < -0.39 is 0 Å². The molecule has 1 aliphatic heterocycles. The van der Waals surface area contributed by atoms with Crippen LogP contribution in [0.3, 0.4) is 0 Å². The Hall–Kier alpha value is -1.96. The van der Waals surface area contributed by atoms with Gasteiger partial charge in [0.15, 0.2) is 5.65 Å². The van der Waals surface area contributed by atoms with Crippen molar-refractivity contribution in [1.29, 1.82) is 0 Å². The van der Waals surface area contributed by atoms with Gasteiger partial charge in [-0.15, -0.1) is 11.3 Å². The van der Waals surface area contributed by atoms with Crippen LogP contribution in [-0.4, -0.2) is 63.0 Å². The van der Waals surface area contributed by atoms with Crippen LogP contribution < -0.4 is 0 Å². The van der Waals surface area contributed by atoms with Crippen molar-refractivity contribution in [1.82, 2.24) is 24.4 Å². The van der Waals surface area contributed by atoms with E-state index in [1.54, 1.807) is 16.9 Å². The van der Waals surface area contributed by atoms with Crippen molar-refractivity contribution in [2.45, 2.75) is 6.92 Å². The van der Waals surface area contributed by atoms with Crippen molar-refractivity contribution in [2.24, 2.45) is 0 Å². The largest absolute Gasteiger partial charge is 0.336 e. The lowest BCUT2D eigenvalue weighted by Gasteiger charge is -2.33. The van der Waals surface area contributed by atoms with Crippen molar-refractivity contribution < 1.29 is 4.79 Å². The molecule has 0 atom stereocenters. The lowest BCUT2D eigenvalue weighted by molar-refractivity contribution is 0.0645. The number of piperazine rings is 1. The number of carbonyl (C=O) groups excluding carboxylic acids is 1. The van der Waals surface area contributed by atoms with Crippen LogP contribution in [0.5, 0.6) is 0 Å². The van der Waals surface area contributed by atoms with Gasteiger partial charge in [0.1, 0.15) is 5.56 Å². The van der Waals surface area contributed by atoms with Gasteiger partial charge in [-0.3, -0.25) is 4.79 Å². The predicted octanol–water partition coefficient (Wildman–Crippen LogP) is 2.89. The first-order valence-corrected chi connectivity index (χ1v) is 9.47. The number of likely N-dealkylation sites (N-methyl/N-ethyl adjacent to an activating group) is 1. The normalized spacial score (nSPS) is 15.8. The third-order valence-corrected chi connectivity index (χ3v) is 5.82. The van der Waals surface area contributed by atoms with E-state index in [0.29, 0.717) is 11.2 Å².